The Morgan fingerprint density at radius 2 is 2.00 bits per heavy atom. The van der Waals surface area contributed by atoms with E-state index in [2.05, 4.69) is 39.2 Å². The highest BCUT2D eigenvalue weighted by Gasteiger charge is 2.42. The van der Waals surface area contributed by atoms with Crippen LogP contribution in [-0.4, -0.2) is 84.9 Å². The molecule has 0 aliphatic carbocycles. The number of rotatable bonds is 4. The Hall–Kier alpha value is -1.86. The molecule has 1 aromatic rings. The molecule has 29 heavy (non-hydrogen) atoms. The molecule has 3 aliphatic heterocycles. The van der Waals surface area contributed by atoms with Crippen LogP contribution in [0, 0.1) is 0 Å². The van der Waals surface area contributed by atoms with Crippen LogP contribution in [0.1, 0.15) is 39.0 Å². The number of hydrogen-bond donors (Lipinski definition) is 1. The van der Waals surface area contributed by atoms with Crippen molar-refractivity contribution in [2.75, 3.05) is 57.3 Å². The monoisotopic (exact) mass is 401 g/mol. The van der Waals surface area contributed by atoms with Crippen LogP contribution < -0.4 is 10.2 Å². The first-order valence-corrected chi connectivity index (χ1v) is 11.3. The molecule has 1 spiro atoms. The second-order valence-corrected chi connectivity index (χ2v) is 8.61. The van der Waals surface area contributed by atoms with Crippen molar-refractivity contribution in [2.45, 2.75) is 50.7 Å². The van der Waals surface area contributed by atoms with Gasteiger partial charge in [-0.3, -0.25) is 4.90 Å². The molecule has 4 rings (SSSR count). The van der Waals surface area contributed by atoms with Gasteiger partial charge in [-0.25, -0.2) is 9.78 Å². The van der Waals surface area contributed by atoms with Gasteiger partial charge in [0.15, 0.2) is 0 Å². The molecule has 7 heteroatoms. The van der Waals surface area contributed by atoms with Gasteiger partial charge in [0.1, 0.15) is 5.82 Å². The summed E-state index contributed by atoms with van der Waals surface area (Å²) in [7, 11) is 0. The average Bonchev–Trinajstić information content (AvgIpc) is 2.79. The average molecular weight is 402 g/mol. The lowest BCUT2D eigenvalue weighted by Crippen LogP contribution is -2.58. The van der Waals surface area contributed by atoms with E-state index in [1.165, 1.54) is 0 Å². The molecule has 1 atom stereocenters. The van der Waals surface area contributed by atoms with Crippen LogP contribution in [0.3, 0.4) is 0 Å². The summed E-state index contributed by atoms with van der Waals surface area (Å²) in [4.78, 5) is 23.7. The highest BCUT2D eigenvalue weighted by atomic mass is 16.5. The minimum atomic E-state index is -0.0391. The van der Waals surface area contributed by atoms with E-state index in [1.807, 2.05) is 17.2 Å². The molecule has 0 bridgehead atoms. The maximum atomic E-state index is 12.2. The van der Waals surface area contributed by atoms with Crippen LogP contribution in [0.5, 0.6) is 0 Å². The van der Waals surface area contributed by atoms with Crippen molar-refractivity contribution in [3.05, 3.63) is 24.4 Å². The van der Waals surface area contributed by atoms with Gasteiger partial charge in [-0.05, 0) is 44.2 Å². The number of hydrogen-bond acceptors (Lipinski definition) is 5. The number of ether oxygens (including phenoxy) is 1. The van der Waals surface area contributed by atoms with Gasteiger partial charge in [-0.15, -0.1) is 0 Å². The minimum Gasteiger partial charge on any atom is -0.375 e. The van der Waals surface area contributed by atoms with E-state index in [9.17, 15) is 4.79 Å². The van der Waals surface area contributed by atoms with Crippen molar-refractivity contribution in [1.82, 2.24) is 20.1 Å². The van der Waals surface area contributed by atoms with E-state index >= 15 is 0 Å². The zero-order valence-corrected chi connectivity index (χ0v) is 17.7. The van der Waals surface area contributed by atoms with Crippen LogP contribution >= 0.6 is 0 Å². The summed E-state index contributed by atoms with van der Waals surface area (Å²) in [6.07, 6.45) is 6.97. The number of piperidine rings is 1. The number of anilines is 1. The second kappa shape index (κ2) is 9.30. The van der Waals surface area contributed by atoms with Gasteiger partial charge in [0.25, 0.3) is 0 Å². The van der Waals surface area contributed by atoms with E-state index in [0.717, 1.165) is 90.3 Å². The molecule has 1 N–H and O–H groups in total. The van der Waals surface area contributed by atoms with E-state index in [-0.39, 0.29) is 11.6 Å². The molecule has 7 nitrogen and oxygen atoms in total. The molecule has 3 saturated heterocycles. The lowest BCUT2D eigenvalue weighted by atomic mass is 9.81. The molecule has 0 saturated carbocycles. The first-order valence-electron chi connectivity index (χ1n) is 11.3. The number of carbonyl (C=O) groups excluding carboxylic acids is 1. The largest absolute Gasteiger partial charge is 0.375 e. The molecule has 1 aromatic heterocycles. The first-order chi connectivity index (χ1) is 14.2. The molecule has 2 amide bonds. The molecule has 0 aromatic carbocycles. The van der Waals surface area contributed by atoms with Crippen LogP contribution in [0.15, 0.2) is 24.4 Å². The molecule has 3 fully saturated rings. The Balaban J connectivity index is 1.28. The standard InChI is InChI=1S/C22H35N5O2/c1-2-9-24-21(28)27-11-7-22(8-12-27)18-19(6-17-29-22)25-13-15-26(16-14-25)20-5-3-4-10-23-20/h3-5,10,19H,2,6-9,11-18H2,1H3,(H,24,28)/t19-/m1/s1. The Bertz CT molecular complexity index is 654. The summed E-state index contributed by atoms with van der Waals surface area (Å²) in [6, 6.07) is 6.81. The van der Waals surface area contributed by atoms with Crippen molar-refractivity contribution in [3.63, 3.8) is 0 Å². The second-order valence-electron chi connectivity index (χ2n) is 8.61. The number of nitrogens with zero attached hydrogens (tertiary/aromatic N) is 4. The van der Waals surface area contributed by atoms with Gasteiger partial charge in [0.05, 0.1) is 5.60 Å². The number of pyridine rings is 1. The summed E-state index contributed by atoms with van der Waals surface area (Å²) >= 11 is 0. The number of carbonyl (C=O) groups is 1. The Labute approximate surface area is 174 Å². The third kappa shape index (κ3) is 4.83. The Kier molecular flexibility index (Phi) is 6.55. The lowest BCUT2D eigenvalue weighted by Gasteiger charge is -2.49. The van der Waals surface area contributed by atoms with Crippen molar-refractivity contribution < 1.29 is 9.53 Å². The van der Waals surface area contributed by atoms with Crippen LogP contribution in [0.4, 0.5) is 10.6 Å². The summed E-state index contributed by atoms with van der Waals surface area (Å²) in [5, 5.41) is 3.00. The number of piperazine rings is 1. The third-order valence-electron chi connectivity index (χ3n) is 6.76. The molecule has 3 aliphatic rings. The predicted molar refractivity (Wildman–Crippen MR) is 114 cm³/mol. The minimum absolute atomic E-state index is 0.0391. The Morgan fingerprint density at radius 1 is 1.21 bits per heavy atom. The van der Waals surface area contributed by atoms with Crippen LogP contribution in [0.2, 0.25) is 0 Å². The summed E-state index contributed by atoms with van der Waals surface area (Å²) in [5.74, 6) is 1.09. The number of urea groups is 1. The maximum absolute atomic E-state index is 12.2. The fourth-order valence-electron chi connectivity index (χ4n) is 4.98. The maximum Gasteiger partial charge on any atom is 0.317 e. The molecule has 160 valence electrons. The Morgan fingerprint density at radius 3 is 2.69 bits per heavy atom. The van der Waals surface area contributed by atoms with E-state index in [0.29, 0.717) is 6.04 Å². The van der Waals surface area contributed by atoms with Crippen LogP contribution in [0.25, 0.3) is 0 Å². The van der Waals surface area contributed by atoms with Crippen molar-refractivity contribution >= 4 is 11.8 Å². The molecular weight excluding hydrogens is 366 g/mol. The van der Waals surface area contributed by atoms with Crippen molar-refractivity contribution in [2.24, 2.45) is 0 Å². The van der Waals surface area contributed by atoms with Crippen molar-refractivity contribution in [1.29, 1.82) is 0 Å². The molecule has 0 radical (unpaired) electrons. The highest BCUT2D eigenvalue weighted by molar-refractivity contribution is 5.74. The van der Waals surface area contributed by atoms with E-state index < -0.39 is 0 Å². The van der Waals surface area contributed by atoms with E-state index in [4.69, 9.17) is 4.74 Å². The normalized spacial score (nSPS) is 25.2. The van der Waals surface area contributed by atoms with Crippen LogP contribution in [-0.2, 0) is 4.74 Å². The lowest BCUT2D eigenvalue weighted by molar-refractivity contribution is -0.129. The fraction of sp³-hybridized carbons (Fsp3) is 0.727. The smallest absolute Gasteiger partial charge is 0.317 e. The van der Waals surface area contributed by atoms with E-state index in [1.54, 1.807) is 0 Å². The number of aromatic nitrogens is 1. The van der Waals surface area contributed by atoms with Gasteiger partial charge in [-0.1, -0.05) is 13.0 Å². The zero-order valence-electron chi connectivity index (χ0n) is 17.7. The fourth-order valence-corrected chi connectivity index (χ4v) is 4.98. The first kappa shape index (κ1) is 20.4. The number of nitrogens with one attached hydrogen (secondary N) is 1. The summed E-state index contributed by atoms with van der Waals surface area (Å²) in [6.45, 7) is 9.52. The third-order valence-corrected chi connectivity index (χ3v) is 6.76. The van der Waals surface area contributed by atoms with Gasteiger partial charge >= 0.3 is 6.03 Å². The van der Waals surface area contributed by atoms with Gasteiger partial charge in [0, 0.05) is 64.7 Å². The quantitative estimate of drug-likeness (QED) is 0.839. The SMILES string of the molecule is CCCNC(=O)N1CCC2(CC1)C[C@H](N1CCN(c3ccccn3)CC1)CCO2. The molecule has 4 heterocycles. The summed E-state index contributed by atoms with van der Waals surface area (Å²) in [5.41, 5.74) is -0.0391. The predicted octanol–water partition coefficient (Wildman–Crippen LogP) is 2.34. The van der Waals surface area contributed by atoms with Gasteiger partial charge in [-0.2, -0.15) is 0 Å². The number of likely N-dealkylation sites (tertiary alicyclic amines) is 1. The highest BCUT2D eigenvalue weighted by Crippen LogP contribution is 2.37. The topological polar surface area (TPSA) is 60.9 Å². The molecular formula is C22H35N5O2. The zero-order chi connectivity index (χ0) is 20.1. The molecule has 0 unspecified atom stereocenters. The summed E-state index contributed by atoms with van der Waals surface area (Å²) < 4.78 is 6.32. The van der Waals surface area contributed by atoms with Gasteiger partial charge in [0.2, 0.25) is 0 Å². The van der Waals surface area contributed by atoms with Gasteiger partial charge < -0.3 is 19.9 Å². The number of amides is 2. The van der Waals surface area contributed by atoms with Crippen molar-refractivity contribution in [3.8, 4) is 0 Å².